The molecule has 4 aromatic rings. The number of aromatic nitrogens is 1. The van der Waals surface area contributed by atoms with Crippen LogP contribution in [-0.2, 0) is 9.59 Å². The van der Waals surface area contributed by atoms with E-state index in [0.717, 1.165) is 42.4 Å². The molecule has 2 aromatic carbocycles. The Morgan fingerprint density at radius 1 is 1.03 bits per heavy atom. The molecule has 0 aliphatic carbocycles. The Balaban J connectivity index is 1.66. The second kappa shape index (κ2) is 7.42. The van der Waals surface area contributed by atoms with Crippen molar-refractivity contribution in [3.8, 4) is 0 Å². The SMILES string of the molecule is Cc1ccc2c(c1)c(C1=C(c3c(F)ccc4ccoc34)C(=O)NC1=O)cn2C1CCNCC1. The standard InChI is InChI=1S/C26H22FN3O3/c1-14-2-5-20-17(12-14)18(13-30(20)16-6-9-28-10-7-16)21-23(26(32)29-25(21)31)22-19(27)4-3-15-8-11-33-24(15)22/h2-5,8,11-13,16,28H,6-7,9-10H2,1H3,(H,29,31,32). The lowest BCUT2D eigenvalue weighted by atomic mass is 9.94. The lowest BCUT2D eigenvalue weighted by molar-refractivity contribution is -0.122. The summed E-state index contributed by atoms with van der Waals surface area (Å²) in [5.74, 6) is -1.75. The van der Waals surface area contributed by atoms with E-state index in [9.17, 15) is 9.59 Å². The molecule has 0 atom stereocenters. The Morgan fingerprint density at radius 2 is 1.82 bits per heavy atom. The lowest BCUT2D eigenvalue weighted by Gasteiger charge is -2.25. The summed E-state index contributed by atoms with van der Waals surface area (Å²) in [4.78, 5) is 26.1. The van der Waals surface area contributed by atoms with Gasteiger partial charge in [0.05, 0.1) is 23.0 Å². The van der Waals surface area contributed by atoms with Crippen LogP contribution in [0, 0.1) is 12.7 Å². The summed E-state index contributed by atoms with van der Waals surface area (Å²) < 4.78 is 22.9. The van der Waals surface area contributed by atoms with Crippen LogP contribution < -0.4 is 10.6 Å². The second-order valence-electron chi connectivity index (χ2n) is 8.75. The highest BCUT2D eigenvalue weighted by Gasteiger charge is 2.37. The molecule has 2 amide bonds. The molecule has 0 bridgehead atoms. The topological polar surface area (TPSA) is 76.3 Å². The van der Waals surface area contributed by atoms with Gasteiger partial charge in [-0.15, -0.1) is 0 Å². The Morgan fingerprint density at radius 3 is 2.64 bits per heavy atom. The molecule has 6 rings (SSSR count). The highest BCUT2D eigenvalue weighted by molar-refractivity contribution is 6.50. The number of carbonyl (C=O) groups excluding carboxylic acids is 2. The van der Waals surface area contributed by atoms with Crippen molar-refractivity contribution in [1.82, 2.24) is 15.2 Å². The van der Waals surface area contributed by atoms with Gasteiger partial charge in [-0.2, -0.15) is 0 Å². The first-order valence-corrected chi connectivity index (χ1v) is 11.1. The Kier molecular flexibility index (Phi) is 4.48. The van der Waals surface area contributed by atoms with Gasteiger partial charge in [0.25, 0.3) is 11.8 Å². The molecule has 6 nitrogen and oxygen atoms in total. The van der Waals surface area contributed by atoms with Crippen molar-refractivity contribution in [3.05, 3.63) is 71.4 Å². The molecule has 0 saturated carbocycles. The number of amides is 2. The first-order chi connectivity index (χ1) is 16.0. The summed E-state index contributed by atoms with van der Waals surface area (Å²) in [6.45, 7) is 3.83. The van der Waals surface area contributed by atoms with Crippen molar-refractivity contribution in [2.24, 2.45) is 0 Å². The summed E-state index contributed by atoms with van der Waals surface area (Å²) in [6, 6.07) is 11.0. The van der Waals surface area contributed by atoms with Gasteiger partial charge in [-0.1, -0.05) is 11.6 Å². The molecule has 33 heavy (non-hydrogen) atoms. The number of imide groups is 1. The van der Waals surface area contributed by atoms with E-state index in [1.807, 2.05) is 25.3 Å². The number of furan rings is 1. The first kappa shape index (κ1) is 19.9. The van der Waals surface area contributed by atoms with Crippen LogP contribution in [0.3, 0.4) is 0 Å². The Labute approximate surface area is 189 Å². The summed E-state index contributed by atoms with van der Waals surface area (Å²) in [5.41, 5.74) is 3.15. The van der Waals surface area contributed by atoms with Crippen molar-refractivity contribution in [2.45, 2.75) is 25.8 Å². The van der Waals surface area contributed by atoms with Gasteiger partial charge in [0.1, 0.15) is 11.4 Å². The molecule has 0 unspecified atom stereocenters. The molecule has 166 valence electrons. The zero-order valence-electron chi connectivity index (χ0n) is 18.1. The van der Waals surface area contributed by atoms with Crippen LogP contribution in [0.2, 0.25) is 0 Å². The van der Waals surface area contributed by atoms with Crippen molar-refractivity contribution in [3.63, 3.8) is 0 Å². The maximum atomic E-state index is 15.1. The van der Waals surface area contributed by atoms with Crippen LogP contribution in [-0.4, -0.2) is 29.5 Å². The van der Waals surface area contributed by atoms with Crippen LogP contribution in [0.4, 0.5) is 4.39 Å². The third-order valence-electron chi connectivity index (χ3n) is 6.71. The number of halogens is 1. The number of rotatable bonds is 3. The number of hydrogen-bond acceptors (Lipinski definition) is 4. The molecule has 1 fully saturated rings. The number of fused-ring (bicyclic) bond motifs is 2. The van der Waals surface area contributed by atoms with Crippen molar-refractivity contribution < 1.29 is 18.4 Å². The van der Waals surface area contributed by atoms with E-state index in [1.54, 1.807) is 12.1 Å². The van der Waals surface area contributed by atoms with Crippen LogP contribution in [0.1, 0.15) is 35.6 Å². The third-order valence-corrected chi connectivity index (χ3v) is 6.71. The smallest absolute Gasteiger partial charge is 0.259 e. The average molecular weight is 443 g/mol. The van der Waals surface area contributed by atoms with E-state index in [0.29, 0.717) is 10.9 Å². The van der Waals surface area contributed by atoms with Gasteiger partial charge in [-0.05, 0) is 63.2 Å². The first-order valence-electron chi connectivity index (χ1n) is 11.1. The van der Waals surface area contributed by atoms with Crippen LogP contribution >= 0.6 is 0 Å². The molecular formula is C26H22FN3O3. The van der Waals surface area contributed by atoms with Gasteiger partial charge in [0, 0.05) is 34.1 Å². The third kappa shape index (κ3) is 3.03. The summed E-state index contributed by atoms with van der Waals surface area (Å²) in [6.07, 6.45) is 5.34. The predicted molar refractivity (Wildman–Crippen MR) is 124 cm³/mol. The second-order valence-corrected chi connectivity index (χ2v) is 8.75. The van der Waals surface area contributed by atoms with Crippen molar-refractivity contribution in [1.29, 1.82) is 0 Å². The lowest BCUT2D eigenvalue weighted by Crippen LogP contribution is -2.29. The highest BCUT2D eigenvalue weighted by atomic mass is 19.1. The molecule has 2 aromatic heterocycles. The monoisotopic (exact) mass is 443 g/mol. The largest absolute Gasteiger partial charge is 0.464 e. The van der Waals surface area contributed by atoms with Crippen LogP contribution in [0.15, 0.2) is 53.3 Å². The van der Waals surface area contributed by atoms with Gasteiger partial charge in [0.2, 0.25) is 0 Å². The van der Waals surface area contributed by atoms with Crippen LogP contribution in [0.25, 0.3) is 33.0 Å². The fraction of sp³-hybridized carbons (Fsp3) is 0.231. The summed E-state index contributed by atoms with van der Waals surface area (Å²) in [7, 11) is 0. The van der Waals surface area contributed by atoms with E-state index in [4.69, 9.17) is 4.42 Å². The van der Waals surface area contributed by atoms with Gasteiger partial charge in [-0.25, -0.2) is 4.39 Å². The van der Waals surface area contributed by atoms with E-state index in [-0.39, 0.29) is 28.3 Å². The molecule has 2 aliphatic heterocycles. The van der Waals surface area contributed by atoms with E-state index in [1.165, 1.54) is 12.3 Å². The number of nitrogens with zero attached hydrogens (tertiary/aromatic N) is 1. The fourth-order valence-electron chi connectivity index (χ4n) is 5.15. The zero-order valence-corrected chi connectivity index (χ0v) is 18.1. The normalized spacial score (nSPS) is 17.5. The maximum absolute atomic E-state index is 15.1. The Hall–Kier alpha value is -3.71. The van der Waals surface area contributed by atoms with Gasteiger partial charge < -0.3 is 14.3 Å². The molecule has 2 N–H and O–H groups in total. The molecule has 1 saturated heterocycles. The number of hydrogen-bond donors (Lipinski definition) is 2. The van der Waals surface area contributed by atoms with E-state index in [2.05, 4.69) is 21.3 Å². The highest BCUT2D eigenvalue weighted by Crippen LogP contribution is 2.41. The van der Waals surface area contributed by atoms with Gasteiger partial charge in [0.15, 0.2) is 0 Å². The molecule has 4 heterocycles. The van der Waals surface area contributed by atoms with Gasteiger partial charge in [-0.3, -0.25) is 14.9 Å². The number of carbonyl (C=O) groups is 2. The Bertz CT molecular complexity index is 1490. The number of piperidine rings is 1. The molecule has 0 spiro atoms. The minimum atomic E-state index is -0.617. The average Bonchev–Trinajstić information content (AvgIpc) is 3.50. The maximum Gasteiger partial charge on any atom is 0.259 e. The molecule has 0 radical (unpaired) electrons. The predicted octanol–water partition coefficient (Wildman–Crippen LogP) is 4.33. The van der Waals surface area contributed by atoms with Gasteiger partial charge >= 0.3 is 0 Å². The minimum Gasteiger partial charge on any atom is -0.464 e. The van der Waals surface area contributed by atoms with Crippen LogP contribution in [0.5, 0.6) is 0 Å². The fourth-order valence-corrected chi connectivity index (χ4v) is 5.15. The summed E-state index contributed by atoms with van der Waals surface area (Å²) >= 11 is 0. The number of aryl methyl sites for hydroxylation is 1. The van der Waals surface area contributed by atoms with E-state index < -0.39 is 17.6 Å². The summed E-state index contributed by atoms with van der Waals surface area (Å²) in [5, 5.41) is 7.31. The molecule has 2 aliphatic rings. The van der Waals surface area contributed by atoms with Crippen molar-refractivity contribution >= 4 is 44.8 Å². The number of benzene rings is 2. The molecule has 7 heteroatoms. The zero-order chi connectivity index (χ0) is 22.7. The number of nitrogens with one attached hydrogen (secondary N) is 2. The van der Waals surface area contributed by atoms with E-state index >= 15 is 4.39 Å². The molecular weight excluding hydrogens is 421 g/mol. The minimum absolute atomic E-state index is 0.0175. The quantitative estimate of drug-likeness (QED) is 0.462. The van der Waals surface area contributed by atoms with Crippen molar-refractivity contribution in [2.75, 3.05) is 13.1 Å².